The van der Waals surface area contributed by atoms with E-state index in [4.69, 9.17) is 4.74 Å². The highest BCUT2D eigenvalue weighted by Crippen LogP contribution is 2.25. The largest absolute Gasteiger partial charge is 0.378 e. The monoisotopic (exact) mass is 276 g/mol. The molecule has 0 amide bonds. The van der Waals surface area contributed by atoms with E-state index in [1.807, 2.05) is 12.4 Å². The third kappa shape index (κ3) is 4.57. The average molecular weight is 276 g/mol. The van der Waals surface area contributed by atoms with Gasteiger partial charge in [-0.25, -0.2) is 0 Å². The maximum Gasteiger partial charge on any atom is 0.0576 e. The summed E-state index contributed by atoms with van der Waals surface area (Å²) in [4.78, 5) is 4.12. The van der Waals surface area contributed by atoms with E-state index in [2.05, 4.69) is 36.3 Å². The predicted octanol–water partition coefficient (Wildman–Crippen LogP) is 3.51. The highest BCUT2D eigenvalue weighted by Gasteiger charge is 2.22. The van der Waals surface area contributed by atoms with Crippen molar-refractivity contribution in [1.82, 2.24) is 10.3 Å². The first-order valence-corrected chi connectivity index (χ1v) is 8.06. The Morgan fingerprint density at radius 1 is 1.40 bits per heavy atom. The van der Waals surface area contributed by atoms with Crippen LogP contribution in [0.25, 0.3) is 0 Å². The highest BCUT2D eigenvalue weighted by atomic mass is 16.5. The Morgan fingerprint density at radius 3 is 2.85 bits per heavy atom. The van der Waals surface area contributed by atoms with Crippen LogP contribution in [0.5, 0.6) is 0 Å². The molecule has 1 aliphatic rings. The van der Waals surface area contributed by atoms with Gasteiger partial charge < -0.3 is 10.1 Å². The second-order valence-electron chi connectivity index (χ2n) is 5.84. The lowest BCUT2D eigenvalue weighted by molar-refractivity contribution is 0.0988. The lowest BCUT2D eigenvalue weighted by Gasteiger charge is -2.26. The van der Waals surface area contributed by atoms with Crippen molar-refractivity contribution in [3.05, 3.63) is 30.1 Å². The number of ether oxygens (including phenoxy) is 1. The van der Waals surface area contributed by atoms with E-state index < -0.39 is 0 Å². The molecule has 2 heterocycles. The fourth-order valence-electron chi connectivity index (χ4n) is 3.00. The summed E-state index contributed by atoms with van der Waals surface area (Å²) < 4.78 is 5.76. The van der Waals surface area contributed by atoms with Crippen LogP contribution in [-0.2, 0) is 4.74 Å². The molecule has 112 valence electrons. The fourth-order valence-corrected chi connectivity index (χ4v) is 3.00. The van der Waals surface area contributed by atoms with Gasteiger partial charge in [-0.3, -0.25) is 4.98 Å². The first-order valence-electron chi connectivity index (χ1n) is 8.06. The number of pyridine rings is 1. The Morgan fingerprint density at radius 2 is 2.20 bits per heavy atom. The van der Waals surface area contributed by atoms with Crippen LogP contribution >= 0.6 is 0 Å². The number of nitrogens with zero attached hydrogens (tertiary/aromatic N) is 1. The summed E-state index contributed by atoms with van der Waals surface area (Å²) in [6.07, 6.45) is 10.3. The SMILES string of the molecule is CCCNC(CCC1CCCO1)C(C)c1ccncc1. The number of hydrogen-bond donors (Lipinski definition) is 1. The molecule has 20 heavy (non-hydrogen) atoms. The van der Waals surface area contributed by atoms with Crippen molar-refractivity contribution in [3.63, 3.8) is 0 Å². The van der Waals surface area contributed by atoms with Gasteiger partial charge in [0.1, 0.15) is 0 Å². The summed E-state index contributed by atoms with van der Waals surface area (Å²) >= 11 is 0. The van der Waals surface area contributed by atoms with Crippen LogP contribution in [0.4, 0.5) is 0 Å². The van der Waals surface area contributed by atoms with Crippen molar-refractivity contribution < 1.29 is 4.74 Å². The standard InChI is InChI=1S/C17H28N2O/c1-3-10-19-17(7-6-16-5-4-13-20-16)14(2)15-8-11-18-12-9-15/h8-9,11-12,14,16-17,19H,3-7,10,13H2,1-2H3. The molecule has 3 heteroatoms. The van der Waals surface area contributed by atoms with Gasteiger partial charge in [0.25, 0.3) is 0 Å². The molecule has 0 aliphatic carbocycles. The molecule has 0 bridgehead atoms. The molecule has 2 rings (SSSR count). The fraction of sp³-hybridized carbons (Fsp3) is 0.706. The van der Waals surface area contributed by atoms with Gasteiger partial charge in [0, 0.05) is 25.0 Å². The molecule has 3 unspecified atom stereocenters. The second-order valence-corrected chi connectivity index (χ2v) is 5.84. The van der Waals surface area contributed by atoms with E-state index in [-0.39, 0.29) is 0 Å². The molecule has 0 saturated carbocycles. The van der Waals surface area contributed by atoms with Crippen molar-refractivity contribution in [2.75, 3.05) is 13.2 Å². The quantitative estimate of drug-likeness (QED) is 0.789. The van der Waals surface area contributed by atoms with Crippen LogP contribution < -0.4 is 5.32 Å². The molecule has 1 aromatic heterocycles. The maximum atomic E-state index is 5.76. The minimum absolute atomic E-state index is 0.491. The molecular weight excluding hydrogens is 248 g/mol. The molecule has 0 aromatic carbocycles. The molecule has 3 atom stereocenters. The lowest BCUT2D eigenvalue weighted by Crippen LogP contribution is -2.35. The highest BCUT2D eigenvalue weighted by molar-refractivity contribution is 5.17. The molecule has 3 nitrogen and oxygen atoms in total. The van der Waals surface area contributed by atoms with Gasteiger partial charge in [0.2, 0.25) is 0 Å². The van der Waals surface area contributed by atoms with Crippen molar-refractivity contribution in [3.8, 4) is 0 Å². The summed E-state index contributed by atoms with van der Waals surface area (Å²) in [5, 5.41) is 3.72. The normalized spacial score (nSPS) is 21.8. The number of rotatable bonds is 8. The average Bonchev–Trinajstić information content (AvgIpc) is 3.01. The Hall–Kier alpha value is -0.930. The molecule has 1 aromatic rings. The van der Waals surface area contributed by atoms with E-state index in [0.29, 0.717) is 18.1 Å². The smallest absolute Gasteiger partial charge is 0.0576 e. The molecule has 1 N–H and O–H groups in total. The second kappa shape index (κ2) is 8.38. The maximum absolute atomic E-state index is 5.76. The number of aromatic nitrogens is 1. The first kappa shape index (κ1) is 15.5. The van der Waals surface area contributed by atoms with Crippen LogP contribution in [-0.4, -0.2) is 30.3 Å². The van der Waals surface area contributed by atoms with Gasteiger partial charge >= 0.3 is 0 Å². The predicted molar refractivity (Wildman–Crippen MR) is 82.9 cm³/mol. The van der Waals surface area contributed by atoms with E-state index >= 15 is 0 Å². The third-order valence-corrected chi connectivity index (χ3v) is 4.32. The van der Waals surface area contributed by atoms with Crippen LogP contribution in [0.3, 0.4) is 0 Å². The van der Waals surface area contributed by atoms with Crippen LogP contribution in [0.1, 0.15) is 57.4 Å². The summed E-state index contributed by atoms with van der Waals surface area (Å²) in [7, 11) is 0. The van der Waals surface area contributed by atoms with E-state index in [9.17, 15) is 0 Å². The van der Waals surface area contributed by atoms with Crippen molar-refractivity contribution in [1.29, 1.82) is 0 Å². The van der Waals surface area contributed by atoms with Gasteiger partial charge in [-0.2, -0.15) is 0 Å². The van der Waals surface area contributed by atoms with Crippen molar-refractivity contribution in [2.24, 2.45) is 0 Å². The Bertz CT molecular complexity index is 363. The van der Waals surface area contributed by atoms with Gasteiger partial charge in [0.15, 0.2) is 0 Å². The van der Waals surface area contributed by atoms with Crippen LogP contribution in [0.15, 0.2) is 24.5 Å². The van der Waals surface area contributed by atoms with Crippen molar-refractivity contribution in [2.45, 2.75) is 64.0 Å². The lowest BCUT2D eigenvalue weighted by atomic mass is 9.90. The van der Waals surface area contributed by atoms with E-state index in [1.54, 1.807) is 0 Å². The molecule has 1 saturated heterocycles. The summed E-state index contributed by atoms with van der Waals surface area (Å²) in [6, 6.07) is 4.80. The topological polar surface area (TPSA) is 34.1 Å². The van der Waals surface area contributed by atoms with Gasteiger partial charge in [-0.15, -0.1) is 0 Å². The molecule has 0 spiro atoms. The summed E-state index contributed by atoms with van der Waals surface area (Å²) in [5.74, 6) is 0.519. The molecule has 0 radical (unpaired) electrons. The molecule has 1 aliphatic heterocycles. The number of nitrogens with one attached hydrogen (secondary N) is 1. The Labute approximate surface area is 123 Å². The Kier molecular flexibility index (Phi) is 6.48. The zero-order chi connectivity index (χ0) is 14.2. The van der Waals surface area contributed by atoms with E-state index in [1.165, 1.54) is 37.7 Å². The minimum Gasteiger partial charge on any atom is -0.378 e. The molecule has 1 fully saturated rings. The van der Waals surface area contributed by atoms with Crippen LogP contribution in [0, 0.1) is 0 Å². The van der Waals surface area contributed by atoms with Gasteiger partial charge in [-0.05, 0) is 62.3 Å². The summed E-state index contributed by atoms with van der Waals surface area (Å²) in [6.45, 7) is 6.59. The zero-order valence-corrected chi connectivity index (χ0v) is 12.8. The van der Waals surface area contributed by atoms with Gasteiger partial charge in [0.05, 0.1) is 6.10 Å². The zero-order valence-electron chi connectivity index (χ0n) is 12.8. The first-order chi connectivity index (χ1) is 9.81. The summed E-state index contributed by atoms with van der Waals surface area (Å²) in [5.41, 5.74) is 1.38. The van der Waals surface area contributed by atoms with Crippen LogP contribution in [0.2, 0.25) is 0 Å². The Balaban J connectivity index is 1.91. The number of hydrogen-bond acceptors (Lipinski definition) is 3. The van der Waals surface area contributed by atoms with Gasteiger partial charge in [-0.1, -0.05) is 13.8 Å². The molecular formula is C17H28N2O. The minimum atomic E-state index is 0.491. The third-order valence-electron chi connectivity index (χ3n) is 4.32. The van der Waals surface area contributed by atoms with E-state index in [0.717, 1.165) is 13.2 Å². The van der Waals surface area contributed by atoms with Crippen molar-refractivity contribution >= 4 is 0 Å².